The predicted molar refractivity (Wildman–Crippen MR) is 82.9 cm³/mol. The van der Waals surface area contributed by atoms with Crippen LogP contribution in [0, 0.1) is 6.92 Å². The summed E-state index contributed by atoms with van der Waals surface area (Å²) in [7, 11) is 0. The van der Waals surface area contributed by atoms with Gasteiger partial charge in [-0.25, -0.2) is 0 Å². The first-order valence-corrected chi connectivity index (χ1v) is 7.45. The van der Waals surface area contributed by atoms with Crippen LogP contribution in [0.5, 0.6) is 0 Å². The Morgan fingerprint density at radius 1 is 1.21 bits per heavy atom. The molecule has 1 fully saturated rings. The Morgan fingerprint density at radius 2 is 1.89 bits per heavy atom. The number of hydrogen-bond acceptors (Lipinski definition) is 3. The maximum atomic E-state index is 5.76. The van der Waals surface area contributed by atoms with Gasteiger partial charge in [0.2, 0.25) is 0 Å². The van der Waals surface area contributed by atoms with Crippen molar-refractivity contribution in [2.45, 2.75) is 33.2 Å². The van der Waals surface area contributed by atoms with Gasteiger partial charge in [-0.15, -0.1) is 0 Å². The van der Waals surface area contributed by atoms with Gasteiger partial charge in [-0.3, -0.25) is 4.90 Å². The molecule has 106 valence electrons. The zero-order chi connectivity index (χ0) is 13.8. The molecule has 0 radical (unpaired) electrons. The Kier molecular flexibility index (Phi) is 4.83. The monoisotopic (exact) mass is 261 g/mol. The summed E-state index contributed by atoms with van der Waals surface area (Å²) in [6, 6.07) is 7.16. The van der Waals surface area contributed by atoms with Crippen LogP contribution in [0.1, 0.15) is 25.0 Å². The zero-order valence-electron chi connectivity index (χ0n) is 12.5. The number of anilines is 1. The van der Waals surface area contributed by atoms with E-state index in [0.29, 0.717) is 6.04 Å². The van der Waals surface area contributed by atoms with Crippen LogP contribution in [0.3, 0.4) is 0 Å². The number of para-hydroxylation sites is 1. The van der Waals surface area contributed by atoms with Crippen LogP contribution in [0.25, 0.3) is 0 Å². The minimum absolute atomic E-state index is 0.504. The molecule has 3 heteroatoms. The SMILES string of the molecule is CCc1cccc(C)c1N1CCN(C(C)CN)CC1. The number of benzene rings is 1. The summed E-state index contributed by atoms with van der Waals surface area (Å²) >= 11 is 0. The van der Waals surface area contributed by atoms with Crippen LogP contribution in [0.4, 0.5) is 5.69 Å². The minimum Gasteiger partial charge on any atom is -0.369 e. The highest BCUT2D eigenvalue weighted by molar-refractivity contribution is 5.59. The third kappa shape index (κ3) is 3.10. The summed E-state index contributed by atoms with van der Waals surface area (Å²) < 4.78 is 0. The molecule has 1 aromatic rings. The van der Waals surface area contributed by atoms with Crippen molar-refractivity contribution in [2.24, 2.45) is 5.73 Å². The van der Waals surface area contributed by atoms with Gasteiger partial charge in [0.15, 0.2) is 0 Å². The van der Waals surface area contributed by atoms with Crippen molar-refractivity contribution < 1.29 is 0 Å². The Bertz CT molecular complexity index is 408. The Morgan fingerprint density at radius 3 is 2.47 bits per heavy atom. The molecule has 3 nitrogen and oxygen atoms in total. The van der Waals surface area contributed by atoms with Crippen LogP contribution < -0.4 is 10.6 Å². The van der Waals surface area contributed by atoms with Crippen molar-refractivity contribution >= 4 is 5.69 Å². The second-order valence-corrected chi connectivity index (χ2v) is 5.54. The van der Waals surface area contributed by atoms with Crippen molar-refractivity contribution in [3.8, 4) is 0 Å². The lowest BCUT2D eigenvalue weighted by molar-refractivity contribution is 0.201. The quantitative estimate of drug-likeness (QED) is 0.900. The molecule has 1 aliphatic heterocycles. The van der Waals surface area contributed by atoms with Crippen LogP contribution in [-0.4, -0.2) is 43.7 Å². The molecular weight excluding hydrogens is 234 g/mol. The molecule has 0 saturated carbocycles. The van der Waals surface area contributed by atoms with Crippen LogP contribution in [0.2, 0.25) is 0 Å². The summed E-state index contributed by atoms with van der Waals surface area (Å²) in [6.45, 7) is 11.9. The number of aryl methyl sites for hydroxylation is 2. The van der Waals surface area contributed by atoms with Crippen molar-refractivity contribution in [1.82, 2.24) is 4.90 Å². The molecule has 2 N–H and O–H groups in total. The second kappa shape index (κ2) is 6.40. The summed E-state index contributed by atoms with van der Waals surface area (Å²) in [4.78, 5) is 5.05. The standard InChI is InChI=1S/C16H27N3/c1-4-15-7-5-6-13(2)16(15)19-10-8-18(9-11-19)14(3)12-17/h5-7,14H,4,8-12,17H2,1-3H3. The van der Waals surface area contributed by atoms with Gasteiger partial charge in [0.1, 0.15) is 0 Å². The molecule has 0 amide bonds. The Labute approximate surface area is 117 Å². The minimum atomic E-state index is 0.504. The lowest BCUT2D eigenvalue weighted by Gasteiger charge is -2.40. The van der Waals surface area contributed by atoms with Gasteiger partial charge < -0.3 is 10.6 Å². The van der Waals surface area contributed by atoms with E-state index in [1.807, 2.05) is 0 Å². The number of hydrogen-bond donors (Lipinski definition) is 1. The fraction of sp³-hybridized carbons (Fsp3) is 0.625. The van der Waals surface area contributed by atoms with Gasteiger partial charge in [-0.05, 0) is 31.4 Å². The maximum absolute atomic E-state index is 5.76. The Hall–Kier alpha value is -1.06. The largest absolute Gasteiger partial charge is 0.369 e. The van der Waals surface area contributed by atoms with Crippen LogP contribution in [-0.2, 0) is 6.42 Å². The van der Waals surface area contributed by atoms with E-state index in [0.717, 1.165) is 39.1 Å². The summed E-state index contributed by atoms with van der Waals surface area (Å²) in [6.07, 6.45) is 1.11. The molecule has 1 saturated heterocycles. The van der Waals surface area contributed by atoms with Gasteiger partial charge in [-0.1, -0.05) is 25.1 Å². The highest BCUT2D eigenvalue weighted by atomic mass is 15.3. The van der Waals surface area contributed by atoms with Crippen molar-refractivity contribution in [3.05, 3.63) is 29.3 Å². The topological polar surface area (TPSA) is 32.5 Å². The second-order valence-electron chi connectivity index (χ2n) is 5.54. The van der Waals surface area contributed by atoms with Crippen LogP contribution in [0.15, 0.2) is 18.2 Å². The molecule has 0 bridgehead atoms. The van der Waals surface area contributed by atoms with Crippen molar-refractivity contribution in [3.63, 3.8) is 0 Å². The van der Waals surface area contributed by atoms with Gasteiger partial charge in [0, 0.05) is 44.5 Å². The number of nitrogens with two attached hydrogens (primary N) is 1. The van der Waals surface area contributed by atoms with Gasteiger partial charge in [-0.2, -0.15) is 0 Å². The predicted octanol–water partition coefficient (Wildman–Crippen LogP) is 2.03. The summed E-state index contributed by atoms with van der Waals surface area (Å²) in [5.41, 5.74) is 10.1. The molecule has 1 atom stereocenters. The number of piperazine rings is 1. The molecule has 19 heavy (non-hydrogen) atoms. The highest BCUT2D eigenvalue weighted by Crippen LogP contribution is 2.26. The molecule has 0 aliphatic carbocycles. The van der Waals surface area contributed by atoms with Gasteiger partial charge >= 0.3 is 0 Å². The van der Waals surface area contributed by atoms with E-state index in [-0.39, 0.29) is 0 Å². The first-order chi connectivity index (χ1) is 9.17. The third-order valence-electron chi connectivity index (χ3n) is 4.30. The molecule has 1 aromatic carbocycles. The fourth-order valence-electron chi connectivity index (χ4n) is 2.99. The van der Waals surface area contributed by atoms with Crippen molar-refractivity contribution in [2.75, 3.05) is 37.6 Å². The molecule has 1 aliphatic rings. The lowest BCUT2D eigenvalue weighted by atomic mass is 10.0. The number of rotatable bonds is 4. The fourth-order valence-corrected chi connectivity index (χ4v) is 2.99. The maximum Gasteiger partial charge on any atom is 0.0429 e. The molecule has 2 rings (SSSR count). The van der Waals surface area contributed by atoms with E-state index in [1.165, 1.54) is 16.8 Å². The average molecular weight is 261 g/mol. The van der Waals surface area contributed by atoms with E-state index in [2.05, 4.69) is 48.8 Å². The van der Waals surface area contributed by atoms with E-state index >= 15 is 0 Å². The lowest BCUT2D eigenvalue weighted by Crippen LogP contribution is -2.51. The normalized spacial score (nSPS) is 18.6. The zero-order valence-corrected chi connectivity index (χ0v) is 12.5. The molecule has 1 heterocycles. The van der Waals surface area contributed by atoms with E-state index < -0.39 is 0 Å². The molecule has 1 unspecified atom stereocenters. The first kappa shape index (κ1) is 14.4. The van der Waals surface area contributed by atoms with E-state index in [9.17, 15) is 0 Å². The molecule has 0 aromatic heterocycles. The van der Waals surface area contributed by atoms with Crippen LogP contribution >= 0.6 is 0 Å². The molecular formula is C16H27N3. The average Bonchev–Trinajstić information content (AvgIpc) is 2.46. The first-order valence-electron chi connectivity index (χ1n) is 7.45. The summed E-state index contributed by atoms with van der Waals surface area (Å²) in [5.74, 6) is 0. The van der Waals surface area contributed by atoms with Gasteiger partial charge in [0.25, 0.3) is 0 Å². The summed E-state index contributed by atoms with van der Waals surface area (Å²) in [5, 5.41) is 0. The molecule has 0 spiro atoms. The highest BCUT2D eigenvalue weighted by Gasteiger charge is 2.22. The smallest absolute Gasteiger partial charge is 0.0429 e. The van der Waals surface area contributed by atoms with E-state index in [1.54, 1.807) is 0 Å². The van der Waals surface area contributed by atoms with E-state index in [4.69, 9.17) is 5.73 Å². The Balaban J connectivity index is 2.09. The number of nitrogens with zero attached hydrogens (tertiary/aromatic N) is 2. The van der Waals surface area contributed by atoms with Crippen molar-refractivity contribution in [1.29, 1.82) is 0 Å². The van der Waals surface area contributed by atoms with Gasteiger partial charge in [0.05, 0.1) is 0 Å². The third-order valence-corrected chi connectivity index (χ3v) is 4.30.